The fourth-order valence-electron chi connectivity index (χ4n) is 1.44. The van der Waals surface area contributed by atoms with Crippen molar-refractivity contribution in [3.05, 3.63) is 34.3 Å². The van der Waals surface area contributed by atoms with Crippen molar-refractivity contribution in [2.45, 2.75) is 33.6 Å². The molecule has 0 aliphatic rings. The van der Waals surface area contributed by atoms with E-state index in [-0.39, 0.29) is 7.18 Å². The normalized spacial score (nSPS) is 9.80. The highest BCUT2D eigenvalue weighted by atomic mass is 16.4. The van der Waals surface area contributed by atoms with Gasteiger partial charge in [0.25, 0.3) is 0 Å². The third kappa shape index (κ3) is 2.72. The largest absolute Gasteiger partial charge is 0.417 e. The first-order valence-corrected chi connectivity index (χ1v) is 5.41. The molecule has 1 aromatic heterocycles. The maximum Gasteiger partial charge on any atom is 0.417 e. The molecular formula is C12H19NO2. The zero-order valence-corrected chi connectivity index (χ0v) is 9.46. The summed E-state index contributed by atoms with van der Waals surface area (Å²) in [6.07, 6.45) is 2.14. The van der Waals surface area contributed by atoms with Gasteiger partial charge >= 0.3 is 5.76 Å². The summed E-state index contributed by atoms with van der Waals surface area (Å²) in [7, 11) is 0. The summed E-state index contributed by atoms with van der Waals surface area (Å²) in [6.45, 7) is 6.13. The molecule has 0 aliphatic heterocycles. The molecule has 0 unspecified atom stereocenters. The maximum absolute atomic E-state index is 10.8. The molecule has 0 saturated carbocycles. The van der Waals surface area contributed by atoms with Crippen LogP contribution in [0.15, 0.2) is 27.4 Å². The van der Waals surface area contributed by atoms with E-state index in [9.17, 15) is 4.79 Å². The minimum atomic E-state index is -0.386. The Morgan fingerprint density at radius 1 is 1.40 bits per heavy atom. The van der Waals surface area contributed by atoms with Crippen LogP contribution in [0.25, 0.3) is 11.1 Å². The summed E-state index contributed by atoms with van der Waals surface area (Å²) in [6, 6.07) is 5.78. The third-order valence-corrected chi connectivity index (χ3v) is 2.02. The molecule has 0 spiro atoms. The van der Waals surface area contributed by atoms with E-state index in [4.69, 9.17) is 4.42 Å². The number of benzene rings is 1. The van der Waals surface area contributed by atoms with Gasteiger partial charge in [-0.25, -0.2) is 4.79 Å². The second kappa shape index (κ2) is 5.39. The minimum absolute atomic E-state index is 0. The molecule has 0 amide bonds. The van der Waals surface area contributed by atoms with Gasteiger partial charge in [-0.2, -0.15) is 0 Å². The van der Waals surface area contributed by atoms with Crippen LogP contribution in [0.5, 0.6) is 0 Å². The molecule has 15 heavy (non-hydrogen) atoms. The van der Waals surface area contributed by atoms with E-state index in [0.29, 0.717) is 5.58 Å². The highest BCUT2D eigenvalue weighted by Gasteiger charge is 2.00. The molecule has 1 N–H and O–H groups in total. The molecule has 1 aromatic carbocycles. The number of hydrogen-bond donors (Lipinski definition) is 1. The summed E-state index contributed by atoms with van der Waals surface area (Å²) in [5, 5.41) is 0. The van der Waals surface area contributed by atoms with Gasteiger partial charge in [0.1, 0.15) is 0 Å². The second-order valence-corrected chi connectivity index (χ2v) is 3.10. The van der Waals surface area contributed by atoms with Crippen LogP contribution in [0.3, 0.4) is 0 Å². The first-order chi connectivity index (χ1) is 7.29. The Morgan fingerprint density at radius 2 is 2.13 bits per heavy atom. The van der Waals surface area contributed by atoms with Crippen molar-refractivity contribution in [3.63, 3.8) is 0 Å². The van der Waals surface area contributed by atoms with E-state index < -0.39 is 0 Å². The first kappa shape index (κ1) is 11.6. The quantitative estimate of drug-likeness (QED) is 0.824. The Kier molecular flexibility index (Phi) is 4.16. The molecule has 0 radical (unpaired) electrons. The second-order valence-electron chi connectivity index (χ2n) is 3.10. The van der Waals surface area contributed by atoms with Crippen molar-refractivity contribution in [2.24, 2.45) is 0 Å². The Balaban J connectivity index is 0.000000711. The van der Waals surface area contributed by atoms with Gasteiger partial charge in [0, 0.05) is 1.43 Å². The van der Waals surface area contributed by atoms with E-state index >= 15 is 0 Å². The molecule has 3 nitrogen and oxygen atoms in total. The van der Waals surface area contributed by atoms with Crippen LogP contribution in [0.4, 0.5) is 0 Å². The van der Waals surface area contributed by atoms with Gasteiger partial charge in [0.2, 0.25) is 0 Å². The lowest BCUT2D eigenvalue weighted by molar-refractivity contribution is 0.555. The fourth-order valence-corrected chi connectivity index (χ4v) is 1.44. The van der Waals surface area contributed by atoms with Crippen molar-refractivity contribution < 1.29 is 5.84 Å². The number of H-pyrrole nitrogens is 1. The molecular weight excluding hydrogens is 190 g/mol. The summed E-state index contributed by atoms with van der Waals surface area (Å²) in [4.78, 5) is 13.5. The van der Waals surface area contributed by atoms with Crippen molar-refractivity contribution in [1.82, 2.24) is 4.98 Å². The van der Waals surface area contributed by atoms with Crippen LogP contribution in [0.2, 0.25) is 0 Å². The molecule has 2 rings (SSSR count). The maximum atomic E-state index is 10.8. The average Bonchev–Trinajstić information content (AvgIpc) is 2.61. The number of oxazole rings is 1. The molecule has 84 valence electrons. The van der Waals surface area contributed by atoms with Gasteiger partial charge in [-0.1, -0.05) is 33.3 Å². The minimum Gasteiger partial charge on any atom is -0.408 e. The summed E-state index contributed by atoms with van der Waals surface area (Å²) in [5.41, 5.74) is 2.65. The molecule has 1 heterocycles. The smallest absolute Gasteiger partial charge is 0.408 e. The molecule has 2 aromatic rings. The highest BCUT2D eigenvalue weighted by molar-refractivity contribution is 5.72. The zero-order valence-electron chi connectivity index (χ0n) is 9.46. The van der Waals surface area contributed by atoms with Crippen LogP contribution in [-0.2, 0) is 6.42 Å². The van der Waals surface area contributed by atoms with Crippen LogP contribution in [0, 0.1) is 0 Å². The van der Waals surface area contributed by atoms with E-state index in [2.05, 4.69) is 11.9 Å². The first-order valence-electron chi connectivity index (χ1n) is 5.41. The number of rotatable bonds is 2. The van der Waals surface area contributed by atoms with Crippen LogP contribution in [-0.4, -0.2) is 4.98 Å². The summed E-state index contributed by atoms with van der Waals surface area (Å²) < 4.78 is 4.89. The van der Waals surface area contributed by atoms with E-state index in [0.717, 1.165) is 18.4 Å². The Morgan fingerprint density at radius 3 is 2.80 bits per heavy atom. The number of hydrogen-bond acceptors (Lipinski definition) is 2. The van der Waals surface area contributed by atoms with E-state index in [1.165, 1.54) is 5.56 Å². The standard InChI is InChI=1S/C10H11NO2.C2H6.H2/c1-2-3-7-4-5-9-8(6-7)11-10(12)13-9;1-2;/h4-6H,2-3H2,1H3,(H,11,12);1-2H3;1H. The fraction of sp³-hybridized carbons (Fsp3) is 0.417. The number of fused-ring (bicyclic) bond motifs is 1. The molecule has 0 saturated heterocycles. The monoisotopic (exact) mass is 209 g/mol. The molecule has 3 heteroatoms. The lowest BCUT2D eigenvalue weighted by atomic mass is 10.1. The molecule has 0 atom stereocenters. The van der Waals surface area contributed by atoms with Gasteiger partial charge in [-0.3, -0.25) is 4.98 Å². The number of aromatic amines is 1. The van der Waals surface area contributed by atoms with Crippen LogP contribution in [0.1, 0.15) is 34.2 Å². The Labute approximate surface area is 90.6 Å². The molecule has 0 fully saturated rings. The van der Waals surface area contributed by atoms with Gasteiger partial charge in [0.05, 0.1) is 5.52 Å². The predicted molar refractivity (Wildman–Crippen MR) is 64.3 cm³/mol. The topological polar surface area (TPSA) is 46.0 Å². The van der Waals surface area contributed by atoms with Crippen LogP contribution < -0.4 is 5.76 Å². The van der Waals surface area contributed by atoms with E-state index in [1.807, 2.05) is 32.0 Å². The number of aryl methyl sites for hydroxylation is 1. The van der Waals surface area contributed by atoms with Crippen molar-refractivity contribution in [2.75, 3.05) is 0 Å². The van der Waals surface area contributed by atoms with Gasteiger partial charge < -0.3 is 4.42 Å². The van der Waals surface area contributed by atoms with Gasteiger partial charge in [-0.15, -0.1) is 0 Å². The Bertz CT molecular complexity index is 473. The van der Waals surface area contributed by atoms with Crippen molar-refractivity contribution in [3.8, 4) is 0 Å². The predicted octanol–water partition coefficient (Wildman–Crippen LogP) is 3.35. The molecule has 0 aliphatic carbocycles. The third-order valence-electron chi connectivity index (χ3n) is 2.02. The van der Waals surface area contributed by atoms with Gasteiger partial charge in [-0.05, 0) is 24.1 Å². The lowest BCUT2D eigenvalue weighted by Crippen LogP contribution is -1.93. The zero-order chi connectivity index (χ0) is 11.3. The summed E-state index contributed by atoms with van der Waals surface area (Å²) in [5.74, 6) is -0.386. The van der Waals surface area contributed by atoms with Gasteiger partial charge in [0.15, 0.2) is 5.58 Å². The van der Waals surface area contributed by atoms with Crippen LogP contribution >= 0.6 is 0 Å². The molecule has 0 bridgehead atoms. The number of aromatic nitrogens is 1. The number of nitrogens with one attached hydrogen (secondary N) is 1. The average molecular weight is 209 g/mol. The summed E-state index contributed by atoms with van der Waals surface area (Å²) >= 11 is 0. The Hall–Kier alpha value is -1.51. The van der Waals surface area contributed by atoms with Crippen molar-refractivity contribution >= 4 is 11.1 Å². The SMILES string of the molecule is CC.CCCc1ccc2oc(=O)[nH]c2c1.[HH]. The lowest BCUT2D eigenvalue weighted by Gasteiger charge is -1.96. The van der Waals surface area contributed by atoms with Crippen molar-refractivity contribution in [1.29, 1.82) is 0 Å². The highest BCUT2D eigenvalue weighted by Crippen LogP contribution is 2.13. The van der Waals surface area contributed by atoms with E-state index in [1.54, 1.807) is 0 Å².